The first-order valence-electron chi connectivity index (χ1n) is 10.2. The van der Waals surface area contributed by atoms with Crippen molar-refractivity contribution in [3.8, 4) is 5.75 Å². The van der Waals surface area contributed by atoms with Gasteiger partial charge in [-0.1, -0.05) is 18.2 Å². The van der Waals surface area contributed by atoms with Gasteiger partial charge in [0, 0.05) is 23.7 Å². The third kappa shape index (κ3) is 5.18. The summed E-state index contributed by atoms with van der Waals surface area (Å²) in [4.78, 5) is 14.7. The van der Waals surface area contributed by atoms with E-state index in [0.29, 0.717) is 25.4 Å². The van der Waals surface area contributed by atoms with Crippen LogP contribution in [0.4, 0.5) is 0 Å². The highest BCUT2D eigenvalue weighted by molar-refractivity contribution is 6.00. The standard InChI is InChI=1S/C25H35NO3/c1-10-29-23-13-20-14-28-15-22(18(5)24(27)26(9)25(6,7)8)17(4)21(20)12-19(23)11-16(2)3/h11-13H,5,10,14-15H2,1-4,6-9H3. The highest BCUT2D eigenvalue weighted by atomic mass is 16.5. The molecule has 158 valence electrons. The number of hydrogen-bond acceptors (Lipinski definition) is 3. The lowest BCUT2D eigenvalue weighted by atomic mass is 9.91. The fraction of sp³-hybridized carbons (Fsp3) is 0.480. The Morgan fingerprint density at radius 3 is 2.48 bits per heavy atom. The fourth-order valence-electron chi connectivity index (χ4n) is 3.29. The predicted molar refractivity (Wildman–Crippen MR) is 121 cm³/mol. The zero-order valence-corrected chi connectivity index (χ0v) is 19.2. The molecule has 1 aliphatic heterocycles. The molecule has 0 aromatic heterocycles. The molecule has 1 aliphatic rings. The largest absolute Gasteiger partial charge is 0.493 e. The summed E-state index contributed by atoms with van der Waals surface area (Å²) in [6.45, 7) is 19.8. The number of rotatable bonds is 5. The number of hydrogen-bond donors (Lipinski definition) is 0. The number of carbonyl (C=O) groups is 1. The lowest BCUT2D eigenvalue weighted by Gasteiger charge is -2.33. The number of benzene rings is 1. The van der Waals surface area contributed by atoms with E-state index in [-0.39, 0.29) is 11.4 Å². The van der Waals surface area contributed by atoms with Crippen LogP contribution in [-0.4, -0.2) is 36.6 Å². The lowest BCUT2D eigenvalue weighted by Crippen LogP contribution is -2.43. The summed E-state index contributed by atoms with van der Waals surface area (Å²) in [6.07, 6.45) is 2.12. The topological polar surface area (TPSA) is 38.8 Å². The maximum Gasteiger partial charge on any atom is 0.253 e. The molecule has 0 fully saturated rings. The van der Waals surface area contributed by atoms with E-state index >= 15 is 0 Å². The van der Waals surface area contributed by atoms with Gasteiger partial charge in [0.05, 0.1) is 19.8 Å². The van der Waals surface area contributed by atoms with E-state index in [2.05, 4.69) is 38.6 Å². The van der Waals surface area contributed by atoms with Gasteiger partial charge in [0.15, 0.2) is 0 Å². The van der Waals surface area contributed by atoms with Crippen LogP contribution >= 0.6 is 0 Å². The molecule has 0 saturated carbocycles. The van der Waals surface area contributed by atoms with Crippen molar-refractivity contribution in [2.75, 3.05) is 20.3 Å². The monoisotopic (exact) mass is 397 g/mol. The summed E-state index contributed by atoms with van der Waals surface area (Å²) in [5.74, 6) is 0.782. The summed E-state index contributed by atoms with van der Waals surface area (Å²) in [6, 6.07) is 4.20. The SMILES string of the molecule is C=C(C(=O)N(C)C(C)(C)C)C1=C(C)c2cc(C=C(C)C)c(OCC)cc2COC1. The van der Waals surface area contributed by atoms with Gasteiger partial charge in [-0.15, -0.1) is 0 Å². The number of fused-ring (bicyclic) bond motifs is 1. The Balaban J connectivity index is 2.57. The Morgan fingerprint density at radius 2 is 1.93 bits per heavy atom. The highest BCUT2D eigenvalue weighted by Gasteiger charge is 2.28. The van der Waals surface area contributed by atoms with Crippen LogP contribution in [0.25, 0.3) is 11.6 Å². The van der Waals surface area contributed by atoms with Gasteiger partial charge in [-0.05, 0) is 82.9 Å². The Kier molecular flexibility index (Phi) is 7.12. The number of nitrogens with zero attached hydrogens (tertiary/aromatic N) is 1. The number of likely N-dealkylation sites (N-methyl/N-ethyl adjacent to an activating group) is 1. The molecule has 29 heavy (non-hydrogen) atoms. The van der Waals surface area contributed by atoms with Gasteiger partial charge in [0.1, 0.15) is 5.75 Å². The van der Waals surface area contributed by atoms with Crippen molar-refractivity contribution >= 4 is 17.6 Å². The van der Waals surface area contributed by atoms with Crippen molar-refractivity contribution in [2.24, 2.45) is 0 Å². The number of amides is 1. The van der Waals surface area contributed by atoms with Crippen LogP contribution in [-0.2, 0) is 16.1 Å². The van der Waals surface area contributed by atoms with Crippen LogP contribution in [0, 0.1) is 0 Å². The second kappa shape index (κ2) is 9.00. The molecule has 1 amide bonds. The van der Waals surface area contributed by atoms with Gasteiger partial charge in [0.2, 0.25) is 0 Å². The third-order valence-electron chi connectivity index (χ3n) is 5.27. The average Bonchev–Trinajstić information content (AvgIpc) is 2.78. The zero-order chi connectivity index (χ0) is 21.9. The molecule has 0 spiro atoms. The third-order valence-corrected chi connectivity index (χ3v) is 5.27. The van der Waals surface area contributed by atoms with E-state index in [0.717, 1.165) is 33.6 Å². The number of allylic oxidation sites excluding steroid dienone is 2. The van der Waals surface area contributed by atoms with Crippen LogP contribution in [0.5, 0.6) is 5.75 Å². The summed E-state index contributed by atoms with van der Waals surface area (Å²) >= 11 is 0. The fourth-order valence-corrected chi connectivity index (χ4v) is 3.29. The average molecular weight is 398 g/mol. The minimum absolute atomic E-state index is 0.0747. The molecule has 0 N–H and O–H groups in total. The maximum absolute atomic E-state index is 13.0. The van der Waals surface area contributed by atoms with E-state index < -0.39 is 0 Å². The Morgan fingerprint density at radius 1 is 1.28 bits per heavy atom. The first kappa shape index (κ1) is 23.0. The molecule has 1 aromatic carbocycles. The minimum Gasteiger partial charge on any atom is -0.493 e. The molecule has 0 aliphatic carbocycles. The molecule has 0 saturated heterocycles. The Labute approximate surface area is 175 Å². The lowest BCUT2D eigenvalue weighted by molar-refractivity contribution is -0.129. The number of ether oxygens (including phenoxy) is 2. The smallest absolute Gasteiger partial charge is 0.253 e. The van der Waals surface area contributed by atoms with Crippen molar-refractivity contribution in [2.45, 2.75) is 60.6 Å². The van der Waals surface area contributed by atoms with Gasteiger partial charge in [-0.2, -0.15) is 0 Å². The minimum atomic E-state index is -0.277. The number of carbonyl (C=O) groups excluding carboxylic acids is 1. The van der Waals surface area contributed by atoms with Crippen molar-refractivity contribution in [3.05, 3.63) is 52.1 Å². The molecule has 4 nitrogen and oxygen atoms in total. The van der Waals surface area contributed by atoms with Crippen molar-refractivity contribution in [3.63, 3.8) is 0 Å². The molecular formula is C25H35NO3. The van der Waals surface area contributed by atoms with Gasteiger partial charge >= 0.3 is 0 Å². The van der Waals surface area contributed by atoms with Crippen LogP contribution in [0.2, 0.25) is 0 Å². The van der Waals surface area contributed by atoms with Crippen LogP contribution in [0.15, 0.2) is 35.4 Å². The van der Waals surface area contributed by atoms with E-state index in [4.69, 9.17) is 9.47 Å². The van der Waals surface area contributed by atoms with Gasteiger partial charge in [0.25, 0.3) is 5.91 Å². The molecule has 1 aromatic rings. The molecule has 0 bridgehead atoms. The molecule has 0 unspecified atom stereocenters. The summed E-state index contributed by atoms with van der Waals surface area (Å²) in [7, 11) is 1.82. The van der Waals surface area contributed by atoms with E-state index in [9.17, 15) is 4.79 Å². The van der Waals surface area contributed by atoms with E-state index in [1.165, 1.54) is 5.57 Å². The molecule has 0 radical (unpaired) electrons. The van der Waals surface area contributed by atoms with E-state index in [1.807, 2.05) is 41.7 Å². The van der Waals surface area contributed by atoms with Crippen LogP contribution < -0.4 is 4.74 Å². The van der Waals surface area contributed by atoms with E-state index in [1.54, 1.807) is 4.90 Å². The first-order chi connectivity index (χ1) is 13.5. The van der Waals surface area contributed by atoms with Crippen LogP contribution in [0.1, 0.15) is 65.2 Å². The molecule has 0 atom stereocenters. The zero-order valence-electron chi connectivity index (χ0n) is 19.2. The van der Waals surface area contributed by atoms with Gasteiger partial charge < -0.3 is 14.4 Å². The van der Waals surface area contributed by atoms with Crippen molar-refractivity contribution < 1.29 is 14.3 Å². The summed E-state index contributed by atoms with van der Waals surface area (Å²) in [5.41, 5.74) is 6.49. The summed E-state index contributed by atoms with van der Waals surface area (Å²) < 4.78 is 11.8. The molecule has 4 heteroatoms. The Bertz CT molecular complexity index is 865. The maximum atomic E-state index is 13.0. The normalized spacial score (nSPS) is 14.1. The Hall–Kier alpha value is -2.33. The quantitative estimate of drug-likeness (QED) is 0.605. The predicted octanol–water partition coefficient (Wildman–Crippen LogP) is 5.63. The molecular weight excluding hydrogens is 362 g/mol. The van der Waals surface area contributed by atoms with Gasteiger partial charge in [-0.3, -0.25) is 4.79 Å². The molecule has 2 rings (SSSR count). The highest BCUT2D eigenvalue weighted by Crippen LogP contribution is 2.35. The van der Waals surface area contributed by atoms with Crippen molar-refractivity contribution in [1.82, 2.24) is 4.90 Å². The first-order valence-corrected chi connectivity index (χ1v) is 10.2. The summed E-state index contributed by atoms with van der Waals surface area (Å²) in [5, 5.41) is 0. The molecule has 1 heterocycles. The van der Waals surface area contributed by atoms with Crippen molar-refractivity contribution in [1.29, 1.82) is 0 Å². The second-order valence-corrected chi connectivity index (χ2v) is 8.81. The van der Waals surface area contributed by atoms with Crippen LogP contribution in [0.3, 0.4) is 0 Å². The second-order valence-electron chi connectivity index (χ2n) is 8.81. The van der Waals surface area contributed by atoms with Gasteiger partial charge in [-0.25, -0.2) is 0 Å².